The molecular formula is C12H11ClN2O. The maximum absolute atomic E-state index is 6.15. The van der Waals surface area contributed by atoms with Crippen LogP contribution < -0.4 is 10.5 Å². The molecule has 0 bridgehead atoms. The van der Waals surface area contributed by atoms with Crippen LogP contribution in [0, 0.1) is 0 Å². The fourth-order valence-electron chi connectivity index (χ4n) is 1.47. The summed E-state index contributed by atoms with van der Waals surface area (Å²) in [7, 11) is 1.60. The number of hydrogen-bond donors (Lipinski definition) is 1. The lowest BCUT2D eigenvalue weighted by atomic mass is 10.1. The summed E-state index contributed by atoms with van der Waals surface area (Å²) in [5.74, 6) is 0.719. The Morgan fingerprint density at radius 2 is 2.06 bits per heavy atom. The van der Waals surface area contributed by atoms with Crippen molar-refractivity contribution in [3.8, 4) is 16.9 Å². The van der Waals surface area contributed by atoms with E-state index >= 15 is 0 Å². The fourth-order valence-corrected chi connectivity index (χ4v) is 1.74. The highest BCUT2D eigenvalue weighted by molar-refractivity contribution is 6.33. The largest absolute Gasteiger partial charge is 0.497 e. The molecule has 2 aromatic rings. The molecule has 82 valence electrons. The second-order valence-corrected chi connectivity index (χ2v) is 3.72. The van der Waals surface area contributed by atoms with Gasteiger partial charge in [0.1, 0.15) is 5.75 Å². The molecule has 0 spiro atoms. The van der Waals surface area contributed by atoms with Crippen LogP contribution in [0.5, 0.6) is 5.75 Å². The van der Waals surface area contributed by atoms with Crippen LogP contribution in [0.15, 0.2) is 36.7 Å². The van der Waals surface area contributed by atoms with E-state index < -0.39 is 0 Å². The first-order chi connectivity index (χ1) is 7.72. The van der Waals surface area contributed by atoms with Crippen molar-refractivity contribution in [3.63, 3.8) is 0 Å². The maximum Gasteiger partial charge on any atom is 0.120 e. The minimum absolute atomic E-state index is 0.596. The lowest BCUT2D eigenvalue weighted by molar-refractivity contribution is 0.415. The minimum atomic E-state index is 0.596. The van der Waals surface area contributed by atoms with Gasteiger partial charge >= 0.3 is 0 Å². The van der Waals surface area contributed by atoms with Gasteiger partial charge in [0.05, 0.1) is 12.1 Å². The maximum atomic E-state index is 6.15. The molecule has 16 heavy (non-hydrogen) atoms. The van der Waals surface area contributed by atoms with Crippen LogP contribution in [-0.4, -0.2) is 12.1 Å². The smallest absolute Gasteiger partial charge is 0.120 e. The molecule has 0 fully saturated rings. The molecule has 0 saturated heterocycles. The Kier molecular flexibility index (Phi) is 2.97. The molecule has 0 unspecified atom stereocenters. The molecule has 0 aliphatic carbocycles. The number of nitrogens with two attached hydrogens (primary N) is 1. The fraction of sp³-hybridized carbons (Fsp3) is 0.0833. The molecule has 0 aliphatic rings. The molecule has 1 aromatic carbocycles. The number of nitrogen functional groups attached to an aromatic ring is 1. The number of halogens is 1. The lowest BCUT2D eigenvalue weighted by Crippen LogP contribution is -1.92. The zero-order chi connectivity index (χ0) is 11.5. The van der Waals surface area contributed by atoms with Crippen molar-refractivity contribution in [1.82, 2.24) is 4.98 Å². The molecule has 1 heterocycles. The first kappa shape index (κ1) is 10.8. The van der Waals surface area contributed by atoms with Crippen LogP contribution in [0.3, 0.4) is 0 Å². The van der Waals surface area contributed by atoms with Gasteiger partial charge in [-0.2, -0.15) is 0 Å². The van der Waals surface area contributed by atoms with Gasteiger partial charge in [-0.05, 0) is 24.3 Å². The van der Waals surface area contributed by atoms with E-state index in [4.69, 9.17) is 22.1 Å². The predicted molar refractivity (Wildman–Crippen MR) is 65.6 cm³/mol. The Morgan fingerprint density at radius 1 is 1.25 bits per heavy atom. The van der Waals surface area contributed by atoms with E-state index in [9.17, 15) is 0 Å². The molecule has 0 saturated carbocycles. The van der Waals surface area contributed by atoms with Crippen molar-refractivity contribution in [2.24, 2.45) is 0 Å². The highest BCUT2D eigenvalue weighted by Gasteiger charge is 2.07. The van der Waals surface area contributed by atoms with Crippen LogP contribution in [0.1, 0.15) is 0 Å². The summed E-state index contributed by atoms with van der Waals surface area (Å²) in [5.41, 5.74) is 8.20. The standard InChI is InChI=1S/C12H11ClN2O/c1-16-8-2-3-9(11(13)6-8)10-7-15-5-4-12(10)14/h2-7H,1H3,(H2,14,15). The van der Waals surface area contributed by atoms with E-state index in [1.807, 2.05) is 12.1 Å². The Hall–Kier alpha value is -1.74. The SMILES string of the molecule is COc1ccc(-c2cnccc2N)c(Cl)c1. The van der Waals surface area contributed by atoms with Crippen LogP contribution in [0.4, 0.5) is 5.69 Å². The zero-order valence-electron chi connectivity index (χ0n) is 8.77. The number of hydrogen-bond acceptors (Lipinski definition) is 3. The number of methoxy groups -OCH3 is 1. The highest BCUT2D eigenvalue weighted by Crippen LogP contribution is 2.33. The summed E-state index contributed by atoms with van der Waals surface area (Å²) in [4.78, 5) is 4.04. The molecular weight excluding hydrogens is 224 g/mol. The second kappa shape index (κ2) is 4.41. The Morgan fingerprint density at radius 3 is 2.69 bits per heavy atom. The molecule has 4 heteroatoms. The average Bonchev–Trinajstić information content (AvgIpc) is 2.30. The highest BCUT2D eigenvalue weighted by atomic mass is 35.5. The van der Waals surface area contributed by atoms with E-state index in [-0.39, 0.29) is 0 Å². The summed E-state index contributed by atoms with van der Waals surface area (Å²) in [6.07, 6.45) is 3.35. The first-order valence-electron chi connectivity index (χ1n) is 4.76. The van der Waals surface area contributed by atoms with Gasteiger partial charge in [0, 0.05) is 29.2 Å². The summed E-state index contributed by atoms with van der Waals surface area (Å²) in [5, 5.41) is 0.596. The first-order valence-corrected chi connectivity index (χ1v) is 5.13. The van der Waals surface area contributed by atoms with Crippen LogP contribution >= 0.6 is 11.6 Å². The van der Waals surface area contributed by atoms with Crippen LogP contribution in [-0.2, 0) is 0 Å². The third kappa shape index (κ3) is 1.95. The van der Waals surface area contributed by atoms with Gasteiger partial charge in [-0.1, -0.05) is 11.6 Å². The zero-order valence-corrected chi connectivity index (χ0v) is 9.53. The van der Waals surface area contributed by atoms with Gasteiger partial charge in [-0.25, -0.2) is 0 Å². The van der Waals surface area contributed by atoms with E-state index in [0.717, 1.165) is 16.9 Å². The molecule has 0 radical (unpaired) electrons. The normalized spacial score (nSPS) is 10.1. The number of nitrogens with zero attached hydrogens (tertiary/aromatic N) is 1. The average molecular weight is 235 g/mol. The summed E-state index contributed by atoms with van der Waals surface area (Å²) < 4.78 is 5.08. The Labute approximate surface area is 98.8 Å². The van der Waals surface area contributed by atoms with Crippen molar-refractivity contribution < 1.29 is 4.74 Å². The van der Waals surface area contributed by atoms with Crippen molar-refractivity contribution in [3.05, 3.63) is 41.7 Å². The monoisotopic (exact) mass is 234 g/mol. The number of ether oxygens (including phenoxy) is 1. The number of aromatic nitrogens is 1. The Bertz CT molecular complexity index is 514. The van der Waals surface area contributed by atoms with Crippen molar-refractivity contribution in [1.29, 1.82) is 0 Å². The van der Waals surface area contributed by atoms with Gasteiger partial charge in [-0.15, -0.1) is 0 Å². The number of rotatable bonds is 2. The van der Waals surface area contributed by atoms with Gasteiger partial charge in [0.15, 0.2) is 0 Å². The van der Waals surface area contributed by atoms with E-state index in [0.29, 0.717) is 10.7 Å². The molecule has 0 amide bonds. The molecule has 0 aliphatic heterocycles. The third-order valence-corrected chi connectivity index (χ3v) is 2.63. The minimum Gasteiger partial charge on any atom is -0.497 e. The van der Waals surface area contributed by atoms with Crippen LogP contribution in [0.25, 0.3) is 11.1 Å². The summed E-state index contributed by atoms with van der Waals surface area (Å²) in [6.45, 7) is 0. The Balaban J connectivity index is 2.53. The van der Waals surface area contributed by atoms with Gasteiger partial charge in [0.25, 0.3) is 0 Å². The van der Waals surface area contributed by atoms with Gasteiger partial charge < -0.3 is 10.5 Å². The van der Waals surface area contributed by atoms with E-state index in [1.165, 1.54) is 0 Å². The van der Waals surface area contributed by atoms with Gasteiger partial charge in [-0.3, -0.25) is 4.98 Å². The molecule has 2 rings (SSSR count). The lowest BCUT2D eigenvalue weighted by Gasteiger charge is -2.08. The number of anilines is 1. The third-order valence-electron chi connectivity index (χ3n) is 2.32. The summed E-state index contributed by atoms with van der Waals surface area (Å²) >= 11 is 6.15. The molecule has 3 nitrogen and oxygen atoms in total. The quantitative estimate of drug-likeness (QED) is 0.869. The van der Waals surface area contributed by atoms with E-state index in [2.05, 4.69) is 4.98 Å². The van der Waals surface area contributed by atoms with E-state index in [1.54, 1.807) is 31.6 Å². The van der Waals surface area contributed by atoms with Gasteiger partial charge in [0.2, 0.25) is 0 Å². The van der Waals surface area contributed by atoms with Crippen molar-refractivity contribution >= 4 is 17.3 Å². The summed E-state index contributed by atoms with van der Waals surface area (Å²) in [6, 6.07) is 7.21. The topological polar surface area (TPSA) is 48.1 Å². The second-order valence-electron chi connectivity index (χ2n) is 3.31. The number of benzene rings is 1. The number of pyridine rings is 1. The van der Waals surface area contributed by atoms with Crippen molar-refractivity contribution in [2.45, 2.75) is 0 Å². The predicted octanol–water partition coefficient (Wildman–Crippen LogP) is 2.99. The molecule has 2 N–H and O–H groups in total. The van der Waals surface area contributed by atoms with Crippen LogP contribution in [0.2, 0.25) is 5.02 Å². The molecule has 1 aromatic heterocycles. The van der Waals surface area contributed by atoms with Crippen molar-refractivity contribution in [2.75, 3.05) is 12.8 Å². The molecule has 0 atom stereocenters.